The van der Waals surface area contributed by atoms with Crippen LogP contribution in [0.5, 0.6) is 0 Å². The van der Waals surface area contributed by atoms with Gasteiger partial charge in [-0.1, -0.05) is 44.2 Å². The lowest BCUT2D eigenvalue weighted by Crippen LogP contribution is -2.14. The monoisotopic (exact) mass is 422 g/mol. The van der Waals surface area contributed by atoms with E-state index in [0.29, 0.717) is 18.1 Å². The van der Waals surface area contributed by atoms with Gasteiger partial charge in [-0.3, -0.25) is 4.98 Å². The molecule has 4 rings (SSSR count). The van der Waals surface area contributed by atoms with E-state index in [9.17, 15) is 8.42 Å². The SMILES string of the molecule is CC(C)c1cnn2c(NCc3cnccc3-c3ccccc3)nc(S(C)(=O)=O)nc12. The number of pyridine rings is 1. The summed E-state index contributed by atoms with van der Waals surface area (Å²) in [5.74, 6) is 0.454. The van der Waals surface area contributed by atoms with Crippen molar-refractivity contribution in [3.63, 3.8) is 0 Å². The Kier molecular flexibility index (Phi) is 5.21. The van der Waals surface area contributed by atoms with Gasteiger partial charge >= 0.3 is 0 Å². The smallest absolute Gasteiger partial charge is 0.252 e. The van der Waals surface area contributed by atoms with Crippen LogP contribution < -0.4 is 5.32 Å². The minimum Gasteiger partial charge on any atom is -0.350 e. The molecule has 0 bridgehead atoms. The number of hydrogen-bond donors (Lipinski definition) is 1. The van der Waals surface area contributed by atoms with Crippen molar-refractivity contribution in [3.8, 4) is 11.1 Å². The van der Waals surface area contributed by atoms with Crippen LogP contribution in [0.3, 0.4) is 0 Å². The molecule has 0 aliphatic carbocycles. The molecule has 0 atom stereocenters. The Morgan fingerprint density at radius 2 is 1.83 bits per heavy atom. The van der Waals surface area contributed by atoms with Crippen LogP contribution in [0.2, 0.25) is 0 Å². The van der Waals surface area contributed by atoms with E-state index in [2.05, 4.69) is 25.4 Å². The molecule has 154 valence electrons. The summed E-state index contributed by atoms with van der Waals surface area (Å²) < 4.78 is 25.8. The van der Waals surface area contributed by atoms with Gasteiger partial charge in [0, 0.05) is 30.8 Å². The summed E-state index contributed by atoms with van der Waals surface area (Å²) in [6.07, 6.45) is 6.33. The summed E-state index contributed by atoms with van der Waals surface area (Å²) >= 11 is 0. The van der Waals surface area contributed by atoms with Crippen LogP contribution in [0, 0.1) is 0 Å². The first-order valence-electron chi connectivity index (χ1n) is 9.52. The van der Waals surface area contributed by atoms with Crippen molar-refractivity contribution in [2.45, 2.75) is 31.5 Å². The second-order valence-corrected chi connectivity index (χ2v) is 9.25. The molecule has 1 aromatic carbocycles. The van der Waals surface area contributed by atoms with Crippen molar-refractivity contribution in [1.82, 2.24) is 24.6 Å². The molecule has 8 nitrogen and oxygen atoms in total. The first-order chi connectivity index (χ1) is 14.3. The Morgan fingerprint density at radius 3 is 2.53 bits per heavy atom. The molecule has 9 heteroatoms. The Bertz CT molecular complexity index is 1300. The Morgan fingerprint density at radius 1 is 1.07 bits per heavy atom. The number of sulfone groups is 1. The van der Waals surface area contributed by atoms with Crippen LogP contribution in [0.25, 0.3) is 16.8 Å². The molecule has 0 fully saturated rings. The third-order valence-corrected chi connectivity index (χ3v) is 5.60. The Labute approximate surface area is 175 Å². The number of aromatic nitrogens is 5. The zero-order valence-electron chi connectivity index (χ0n) is 16.9. The van der Waals surface area contributed by atoms with Crippen LogP contribution in [-0.2, 0) is 16.4 Å². The van der Waals surface area contributed by atoms with Crippen LogP contribution >= 0.6 is 0 Å². The van der Waals surface area contributed by atoms with Gasteiger partial charge in [-0.25, -0.2) is 8.42 Å². The van der Waals surface area contributed by atoms with Crippen LogP contribution in [0.15, 0.2) is 60.1 Å². The van der Waals surface area contributed by atoms with Gasteiger partial charge in [0.05, 0.1) is 6.20 Å². The molecule has 0 unspecified atom stereocenters. The predicted molar refractivity (Wildman–Crippen MR) is 115 cm³/mol. The maximum absolute atomic E-state index is 12.2. The fourth-order valence-electron chi connectivity index (χ4n) is 3.20. The molecule has 0 spiro atoms. The molecule has 0 amide bonds. The minimum absolute atomic E-state index is 0.140. The summed E-state index contributed by atoms with van der Waals surface area (Å²) in [6, 6.07) is 12.0. The molecule has 0 saturated carbocycles. The quantitative estimate of drug-likeness (QED) is 0.508. The fraction of sp³-hybridized carbons (Fsp3) is 0.238. The third kappa shape index (κ3) is 3.88. The number of anilines is 1. The first-order valence-corrected chi connectivity index (χ1v) is 11.4. The molecular weight excluding hydrogens is 400 g/mol. The van der Waals surface area contributed by atoms with Gasteiger partial charge in [-0.05, 0) is 28.7 Å². The lowest BCUT2D eigenvalue weighted by Gasteiger charge is -2.12. The molecule has 0 saturated heterocycles. The van der Waals surface area contributed by atoms with Crippen molar-refractivity contribution in [1.29, 1.82) is 0 Å². The average Bonchev–Trinajstić information content (AvgIpc) is 3.17. The molecule has 3 aromatic heterocycles. The standard InChI is InChI=1S/C21H22N6O2S/c1-14(2)18-13-24-27-19(18)25-21(30(3,28)29)26-20(27)23-12-16-11-22-10-9-17(16)15-7-5-4-6-8-15/h4-11,13-14H,12H2,1-3H3,(H,23,25,26). The largest absolute Gasteiger partial charge is 0.350 e. The van der Waals surface area contributed by atoms with Crippen LogP contribution in [0.1, 0.15) is 30.9 Å². The van der Waals surface area contributed by atoms with Gasteiger partial charge < -0.3 is 5.32 Å². The number of fused-ring (bicyclic) bond motifs is 1. The zero-order chi connectivity index (χ0) is 21.3. The first kappa shape index (κ1) is 20.0. The van der Waals surface area contributed by atoms with Gasteiger partial charge in [-0.2, -0.15) is 19.6 Å². The molecule has 0 radical (unpaired) electrons. The maximum Gasteiger partial charge on any atom is 0.252 e. The van der Waals surface area contributed by atoms with Gasteiger partial charge in [0.15, 0.2) is 5.65 Å². The molecule has 30 heavy (non-hydrogen) atoms. The van der Waals surface area contributed by atoms with Gasteiger partial charge in [0.25, 0.3) is 5.16 Å². The number of hydrogen-bond acceptors (Lipinski definition) is 7. The third-order valence-electron chi connectivity index (χ3n) is 4.75. The van der Waals surface area contributed by atoms with E-state index in [1.54, 1.807) is 23.1 Å². The second-order valence-electron chi connectivity index (χ2n) is 7.34. The highest BCUT2D eigenvalue weighted by Crippen LogP contribution is 2.25. The summed E-state index contributed by atoms with van der Waals surface area (Å²) in [7, 11) is -3.59. The highest BCUT2D eigenvalue weighted by molar-refractivity contribution is 7.90. The van der Waals surface area contributed by atoms with Gasteiger partial charge in [0.2, 0.25) is 15.8 Å². The van der Waals surface area contributed by atoms with E-state index in [1.165, 1.54) is 0 Å². The van der Waals surface area contributed by atoms with Crippen LogP contribution in [0.4, 0.5) is 5.95 Å². The number of nitrogens with one attached hydrogen (secondary N) is 1. The molecule has 0 aliphatic heterocycles. The van der Waals surface area contributed by atoms with Crippen molar-refractivity contribution in [2.75, 3.05) is 11.6 Å². The van der Waals surface area contributed by atoms with Crippen molar-refractivity contribution in [3.05, 3.63) is 66.1 Å². The predicted octanol–water partition coefficient (Wildman–Crippen LogP) is 3.33. The van der Waals surface area contributed by atoms with Crippen molar-refractivity contribution in [2.24, 2.45) is 0 Å². The minimum atomic E-state index is -3.59. The molecule has 3 heterocycles. The second kappa shape index (κ2) is 7.83. The zero-order valence-corrected chi connectivity index (χ0v) is 17.8. The van der Waals surface area contributed by atoms with E-state index >= 15 is 0 Å². The van der Waals surface area contributed by atoms with Gasteiger partial charge in [0.1, 0.15) is 0 Å². The number of rotatable bonds is 6. The van der Waals surface area contributed by atoms with Crippen LogP contribution in [-0.4, -0.2) is 39.2 Å². The Hall–Kier alpha value is -3.33. The molecule has 4 aromatic rings. The van der Waals surface area contributed by atoms with E-state index in [1.807, 2.05) is 50.2 Å². The van der Waals surface area contributed by atoms with Gasteiger partial charge in [-0.15, -0.1) is 0 Å². The average molecular weight is 423 g/mol. The summed E-state index contributed by atoms with van der Waals surface area (Å²) in [5, 5.41) is 7.37. The molecular formula is C21H22N6O2S. The molecule has 0 aliphatic rings. The summed E-state index contributed by atoms with van der Waals surface area (Å²) in [6.45, 7) is 4.41. The maximum atomic E-state index is 12.2. The lowest BCUT2D eigenvalue weighted by molar-refractivity contribution is 0.592. The number of nitrogens with zero attached hydrogens (tertiary/aromatic N) is 5. The summed E-state index contributed by atoms with van der Waals surface area (Å²) in [4.78, 5) is 12.7. The highest BCUT2D eigenvalue weighted by atomic mass is 32.2. The van der Waals surface area contributed by atoms with Crippen molar-refractivity contribution >= 4 is 21.4 Å². The Balaban J connectivity index is 1.75. The van der Waals surface area contributed by atoms with Crippen molar-refractivity contribution < 1.29 is 8.42 Å². The van der Waals surface area contributed by atoms with E-state index in [0.717, 1.165) is 28.5 Å². The topological polar surface area (TPSA) is 102 Å². The summed E-state index contributed by atoms with van der Waals surface area (Å²) in [5.41, 5.74) is 4.40. The molecule has 1 N–H and O–H groups in total. The normalized spacial score (nSPS) is 11.9. The van der Waals surface area contributed by atoms with E-state index in [4.69, 9.17) is 0 Å². The van der Waals surface area contributed by atoms with E-state index < -0.39 is 9.84 Å². The number of benzene rings is 1. The highest BCUT2D eigenvalue weighted by Gasteiger charge is 2.20. The van der Waals surface area contributed by atoms with E-state index in [-0.39, 0.29) is 11.1 Å². The lowest BCUT2D eigenvalue weighted by atomic mass is 10.0. The fourth-order valence-corrected chi connectivity index (χ4v) is 3.71.